The molecule has 1 N–H and O–H groups in total. The number of halogens is 2. The largest absolute Gasteiger partial charge is 0.376 e. The summed E-state index contributed by atoms with van der Waals surface area (Å²) in [6.45, 7) is 0.360. The Kier molecular flexibility index (Phi) is 3.83. The molecule has 106 valence electrons. The van der Waals surface area contributed by atoms with Crippen LogP contribution < -0.4 is 5.32 Å². The van der Waals surface area contributed by atoms with Crippen molar-refractivity contribution >= 4 is 17.3 Å². The van der Waals surface area contributed by atoms with Crippen LogP contribution in [-0.2, 0) is 6.54 Å². The van der Waals surface area contributed by atoms with Gasteiger partial charge in [-0.05, 0) is 36.4 Å². The van der Waals surface area contributed by atoms with Gasteiger partial charge >= 0.3 is 0 Å². The van der Waals surface area contributed by atoms with Crippen LogP contribution in [0.1, 0.15) is 5.89 Å². The van der Waals surface area contributed by atoms with Crippen molar-refractivity contribution in [2.24, 2.45) is 0 Å². The molecule has 0 radical (unpaired) electrons. The monoisotopic (exact) mass is 303 g/mol. The van der Waals surface area contributed by atoms with Crippen LogP contribution in [0, 0.1) is 5.82 Å². The van der Waals surface area contributed by atoms with Crippen LogP contribution in [-0.4, -0.2) is 10.1 Å². The molecule has 0 bridgehead atoms. The predicted octanol–water partition coefficient (Wildman–Crippen LogP) is 4.14. The Labute approximate surface area is 125 Å². The number of nitrogens with zero attached hydrogens (tertiary/aromatic N) is 2. The molecule has 0 aliphatic heterocycles. The Morgan fingerprint density at radius 3 is 2.71 bits per heavy atom. The van der Waals surface area contributed by atoms with E-state index in [0.29, 0.717) is 23.3 Å². The van der Waals surface area contributed by atoms with Gasteiger partial charge in [0.05, 0.1) is 6.54 Å². The highest BCUT2D eigenvalue weighted by Crippen LogP contribution is 2.20. The maximum absolute atomic E-state index is 12.8. The Morgan fingerprint density at radius 1 is 1.14 bits per heavy atom. The summed E-state index contributed by atoms with van der Waals surface area (Å²) in [5.41, 5.74) is 1.57. The molecule has 1 heterocycles. The van der Waals surface area contributed by atoms with Crippen molar-refractivity contribution in [1.82, 2.24) is 10.1 Å². The minimum atomic E-state index is -0.276. The fourth-order valence-corrected chi connectivity index (χ4v) is 2.01. The van der Waals surface area contributed by atoms with Gasteiger partial charge in [0.15, 0.2) is 0 Å². The molecular weight excluding hydrogens is 293 g/mol. The fourth-order valence-electron chi connectivity index (χ4n) is 1.82. The van der Waals surface area contributed by atoms with Gasteiger partial charge in [-0.2, -0.15) is 4.98 Å². The average Bonchev–Trinajstić information content (AvgIpc) is 2.96. The molecule has 3 aromatic rings. The van der Waals surface area contributed by atoms with Gasteiger partial charge in [0.25, 0.3) is 0 Å². The zero-order chi connectivity index (χ0) is 14.7. The lowest BCUT2D eigenvalue weighted by Gasteiger charge is -2.02. The Hall–Kier alpha value is -2.40. The van der Waals surface area contributed by atoms with Crippen molar-refractivity contribution in [1.29, 1.82) is 0 Å². The van der Waals surface area contributed by atoms with E-state index >= 15 is 0 Å². The van der Waals surface area contributed by atoms with Crippen molar-refractivity contribution in [3.05, 3.63) is 65.3 Å². The molecule has 3 rings (SSSR count). The lowest BCUT2D eigenvalue weighted by atomic mass is 10.2. The van der Waals surface area contributed by atoms with Crippen LogP contribution in [0.25, 0.3) is 11.4 Å². The Bertz CT molecular complexity index is 743. The number of aromatic nitrogens is 2. The quantitative estimate of drug-likeness (QED) is 0.787. The molecule has 4 nitrogen and oxygen atoms in total. The highest BCUT2D eigenvalue weighted by atomic mass is 35.5. The van der Waals surface area contributed by atoms with Crippen molar-refractivity contribution in [3.8, 4) is 11.4 Å². The van der Waals surface area contributed by atoms with E-state index in [4.69, 9.17) is 16.1 Å². The molecular formula is C15H11ClFN3O. The van der Waals surface area contributed by atoms with Crippen LogP contribution in [0.5, 0.6) is 0 Å². The van der Waals surface area contributed by atoms with Gasteiger partial charge in [0.2, 0.25) is 11.7 Å². The first kappa shape index (κ1) is 13.6. The fraction of sp³-hybridized carbons (Fsp3) is 0.0667. The predicted molar refractivity (Wildman–Crippen MR) is 78.5 cm³/mol. The van der Waals surface area contributed by atoms with E-state index in [-0.39, 0.29) is 5.82 Å². The summed E-state index contributed by atoms with van der Waals surface area (Å²) in [7, 11) is 0. The van der Waals surface area contributed by atoms with Gasteiger partial charge in [-0.25, -0.2) is 4.39 Å². The first-order valence-corrected chi connectivity index (χ1v) is 6.66. The molecule has 6 heteroatoms. The third kappa shape index (κ3) is 3.38. The maximum atomic E-state index is 12.8. The topological polar surface area (TPSA) is 51.0 Å². The summed E-state index contributed by atoms with van der Waals surface area (Å²) in [6, 6.07) is 13.3. The molecule has 0 aliphatic carbocycles. The van der Waals surface area contributed by atoms with Gasteiger partial charge in [-0.15, -0.1) is 0 Å². The summed E-state index contributed by atoms with van der Waals surface area (Å²) in [5, 5.41) is 7.60. The second-order valence-corrected chi connectivity index (χ2v) is 4.82. The van der Waals surface area contributed by atoms with Gasteiger partial charge < -0.3 is 9.84 Å². The van der Waals surface area contributed by atoms with E-state index in [1.54, 1.807) is 24.3 Å². The van der Waals surface area contributed by atoms with Crippen molar-refractivity contribution < 1.29 is 8.91 Å². The molecule has 0 atom stereocenters. The van der Waals surface area contributed by atoms with Crippen LogP contribution in [0.3, 0.4) is 0 Å². The minimum Gasteiger partial charge on any atom is -0.376 e. The lowest BCUT2D eigenvalue weighted by molar-refractivity contribution is 0.384. The highest BCUT2D eigenvalue weighted by molar-refractivity contribution is 6.30. The van der Waals surface area contributed by atoms with Crippen LogP contribution in [0.2, 0.25) is 5.02 Å². The van der Waals surface area contributed by atoms with E-state index in [9.17, 15) is 4.39 Å². The van der Waals surface area contributed by atoms with E-state index in [2.05, 4.69) is 15.5 Å². The van der Waals surface area contributed by atoms with Crippen molar-refractivity contribution in [3.63, 3.8) is 0 Å². The van der Waals surface area contributed by atoms with Gasteiger partial charge in [0.1, 0.15) is 5.82 Å². The van der Waals surface area contributed by atoms with E-state index in [1.165, 1.54) is 12.1 Å². The molecule has 0 saturated carbocycles. The van der Waals surface area contributed by atoms with Crippen molar-refractivity contribution in [2.45, 2.75) is 6.54 Å². The summed E-state index contributed by atoms with van der Waals surface area (Å²) in [4.78, 5) is 4.28. The zero-order valence-electron chi connectivity index (χ0n) is 10.9. The molecule has 0 unspecified atom stereocenters. The number of rotatable bonds is 4. The number of hydrogen-bond donors (Lipinski definition) is 1. The third-order valence-corrected chi connectivity index (χ3v) is 3.07. The van der Waals surface area contributed by atoms with Crippen LogP contribution in [0.15, 0.2) is 53.1 Å². The normalized spacial score (nSPS) is 10.6. The molecule has 0 saturated heterocycles. The number of benzene rings is 2. The molecule has 1 aromatic heterocycles. The summed E-state index contributed by atoms with van der Waals surface area (Å²) < 4.78 is 18.0. The van der Waals surface area contributed by atoms with Crippen LogP contribution in [0.4, 0.5) is 10.1 Å². The number of nitrogens with one attached hydrogen (secondary N) is 1. The van der Waals surface area contributed by atoms with Crippen LogP contribution >= 0.6 is 11.6 Å². The first-order chi connectivity index (χ1) is 10.2. The standard InChI is InChI=1S/C15H11ClFN3O/c16-11-3-1-2-10(8-11)15-19-14(21-20-15)9-18-13-6-4-12(17)5-7-13/h1-8,18H,9H2. The molecule has 0 spiro atoms. The molecule has 0 fully saturated rings. The number of anilines is 1. The third-order valence-electron chi connectivity index (χ3n) is 2.84. The molecule has 0 aliphatic rings. The number of hydrogen-bond acceptors (Lipinski definition) is 4. The summed E-state index contributed by atoms with van der Waals surface area (Å²) in [6.07, 6.45) is 0. The lowest BCUT2D eigenvalue weighted by Crippen LogP contribution is -1.99. The SMILES string of the molecule is Fc1ccc(NCc2nc(-c3cccc(Cl)c3)no2)cc1. The second-order valence-electron chi connectivity index (χ2n) is 4.38. The maximum Gasteiger partial charge on any atom is 0.246 e. The summed E-state index contributed by atoms with van der Waals surface area (Å²) >= 11 is 5.93. The smallest absolute Gasteiger partial charge is 0.246 e. The Morgan fingerprint density at radius 2 is 1.95 bits per heavy atom. The van der Waals surface area contributed by atoms with E-state index in [1.807, 2.05) is 12.1 Å². The van der Waals surface area contributed by atoms with Crippen molar-refractivity contribution in [2.75, 3.05) is 5.32 Å². The van der Waals surface area contributed by atoms with E-state index in [0.717, 1.165) is 11.3 Å². The van der Waals surface area contributed by atoms with E-state index < -0.39 is 0 Å². The second kappa shape index (κ2) is 5.93. The molecule has 0 amide bonds. The molecule has 21 heavy (non-hydrogen) atoms. The average molecular weight is 304 g/mol. The highest BCUT2D eigenvalue weighted by Gasteiger charge is 2.08. The molecule has 2 aromatic carbocycles. The first-order valence-electron chi connectivity index (χ1n) is 6.29. The zero-order valence-corrected chi connectivity index (χ0v) is 11.6. The Balaban J connectivity index is 1.69. The summed E-state index contributed by atoms with van der Waals surface area (Å²) in [5.74, 6) is 0.643. The minimum absolute atomic E-state index is 0.276. The van der Waals surface area contributed by atoms with Gasteiger partial charge in [0, 0.05) is 16.3 Å². The van der Waals surface area contributed by atoms with Gasteiger partial charge in [-0.1, -0.05) is 28.9 Å². The van der Waals surface area contributed by atoms with Gasteiger partial charge in [-0.3, -0.25) is 0 Å².